The molecule has 1 atom stereocenters. The van der Waals surface area contributed by atoms with Crippen LogP contribution in [0.25, 0.3) is 0 Å². The van der Waals surface area contributed by atoms with E-state index in [1.54, 1.807) is 19.2 Å². The third kappa shape index (κ3) is 3.00. The van der Waals surface area contributed by atoms with Gasteiger partial charge in [-0.15, -0.1) is 0 Å². The summed E-state index contributed by atoms with van der Waals surface area (Å²) < 4.78 is 5.02. The minimum atomic E-state index is -1.53. The van der Waals surface area contributed by atoms with Crippen molar-refractivity contribution in [3.63, 3.8) is 0 Å². The highest BCUT2D eigenvalue weighted by molar-refractivity contribution is 6.00. The normalized spacial score (nSPS) is 13.7. The average molecular weight is 251 g/mol. The van der Waals surface area contributed by atoms with Gasteiger partial charge in [-0.05, 0) is 37.5 Å². The number of carboxylic acids is 1. The van der Waals surface area contributed by atoms with Crippen molar-refractivity contribution >= 4 is 11.9 Å². The first-order valence-corrected chi connectivity index (χ1v) is 5.56. The monoisotopic (exact) mass is 251 g/mol. The van der Waals surface area contributed by atoms with E-state index in [0.29, 0.717) is 6.42 Å². The van der Waals surface area contributed by atoms with Crippen LogP contribution in [0.2, 0.25) is 0 Å². The zero-order valence-corrected chi connectivity index (χ0v) is 10.5. The number of rotatable bonds is 6. The number of aliphatic carboxylic acids is 1. The fraction of sp³-hybridized carbons (Fsp3) is 0.385. The van der Waals surface area contributed by atoms with Gasteiger partial charge in [-0.2, -0.15) is 0 Å². The molecule has 0 heterocycles. The molecule has 3 N–H and O–H groups in total. The fourth-order valence-electron chi connectivity index (χ4n) is 1.52. The molecule has 0 aliphatic carbocycles. The molecule has 0 spiro atoms. The van der Waals surface area contributed by atoms with Gasteiger partial charge in [-0.1, -0.05) is 12.1 Å². The van der Waals surface area contributed by atoms with Crippen LogP contribution in [-0.2, 0) is 16.0 Å². The second-order valence-electron chi connectivity index (χ2n) is 4.35. The number of benzene rings is 1. The largest absolute Gasteiger partial charge is 0.497 e. The predicted molar refractivity (Wildman–Crippen MR) is 66.3 cm³/mol. The Hall–Kier alpha value is -2.04. The average Bonchev–Trinajstić information content (AvgIpc) is 2.36. The maximum atomic E-state index is 11.2. The maximum Gasteiger partial charge on any atom is 0.318 e. The molecular formula is C13H17NO4. The molecule has 18 heavy (non-hydrogen) atoms. The van der Waals surface area contributed by atoms with Gasteiger partial charge in [0.25, 0.3) is 0 Å². The van der Waals surface area contributed by atoms with Gasteiger partial charge in [0.1, 0.15) is 11.2 Å². The third-order valence-corrected chi connectivity index (χ3v) is 3.09. The van der Waals surface area contributed by atoms with Crippen LogP contribution in [0, 0.1) is 5.41 Å². The number of aryl methyl sites for hydroxylation is 1. The van der Waals surface area contributed by atoms with E-state index in [1.165, 1.54) is 6.92 Å². The summed E-state index contributed by atoms with van der Waals surface area (Å²) in [5.41, 5.74) is 4.55. The summed E-state index contributed by atoms with van der Waals surface area (Å²) >= 11 is 0. The first-order chi connectivity index (χ1) is 8.40. The number of primary amides is 1. The van der Waals surface area contributed by atoms with Gasteiger partial charge in [-0.3, -0.25) is 9.59 Å². The SMILES string of the molecule is COc1ccc(CCC(C)(C(N)=O)C(=O)O)cc1. The molecule has 0 radical (unpaired) electrons. The molecule has 0 aliphatic rings. The molecule has 0 saturated heterocycles. The lowest BCUT2D eigenvalue weighted by molar-refractivity contribution is -0.153. The van der Waals surface area contributed by atoms with E-state index >= 15 is 0 Å². The van der Waals surface area contributed by atoms with Crippen LogP contribution in [0.15, 0.2) is 24.3 Å². The van der Waals surface area contributed by atoms with Gasteiger partial charge < -0.3 is 15.6 Å². The van der Waals surface area contributed by atoms with E-state index in [0.717, 1.165) is 11.3 Å². The molecule has 1 unspecified atom stereocenters. The minimum absolute atomic E-state index is 0.171. The smallest absolute Gasteiger partial charge is 0.318 e. The number of carbonyl (C=O) groups excluding carboxylic acids is 1. The predicted octanol–water partition coefficient (Wildman–Crippen LogP) is 1.20. The van der Waals surface area contributed by atoms with E-state index in [-0.39, 0.29) is 6.42 Å². The molecule has 5 heteroatoms. The molecule has 0 saturated carbocycles. The number of carbonyl (C=O) groups is 2. The van der Waals surface area contributed by atoms with E-state index in [4.69, 9.17) is 15.6 Å². The molecule has 1 rings (SSSR count). The summed E-state index contributed by atoms with van der Waals surface area (Å²) in [6, 6.07) is 7.25. The standard InChI is InChI=1S/C13H17NO4/c1-13(11(14)15,12(16)17)8-7-9-3-5-10(18-2)6-4-9/h3-6H,7-8H2,1-2H3,(H2,14,15)(H,16,17). The molecule has 1 amide bonds. The van der Waals surface area contributed by atoms with Crippen LogP contribution in [0.1, 0.15) is 18.9 Å². The zero-order chi connectivity index (χ0) is 13.8. The molecule has 98 valence electrons. The molecule has 0 bridgehead atoms. The Kier molecular flexibility index (Phi) is 4.31. The lowest BCUT2D eigenvalue weighted by Gasteiger charge is -2.20. The first kappa shape index (κ1) is 14.0. The number of carboxylic acid groups (broad SMARTS) is 1. The summed E-state index contributed by atoms with van der Waals surface area (Å²) in [4.78, 5) is 22.3. The quantitative estimate of drug-likeness (QED) is 0.743. The minimum Gasteiger partial charge on any atom is -0.497 e. The van der Waals surface area contributed by atoms with E-state index < -0.39 is 17.3 Å². The second kappa shape index (κ2) is 5.53. The van der Waals surface area contributed by atoms with Crippen molar-refractivity contribution in [1.82, 2.24) is 0 Å². The Morgan fingerprint density at radius 3 is 2.28 bits per heavy atom. The molecule has 0 aromatic heterocycles. The Morgan fingerprint density at radius 2 is 1.89 bits per heavy atom. The van der Waals surface area contributed by atoms with Crippen molar-refractivity contribution in [3.05, 3.63) is 29.8 Å². The van der Waals surface area contributed by atoms with Crippen LogP contribution in [0.3, 0.4) is 0 Å². The van der Waals surface area contributed by atoms with Crippen LogP contribution in [0.4, 0.5) is 0 Å². The summed E-state index contributed by atoms with van der Waals surface area (Å²) in [6.45, 7) is 1.35. The van der Waals surface area contributed by atoms with Gasteiger partial charge >= 0.3 is 5.97 Å². The molecule has 0 fully saturated rings. The van der Waals surface area contributed by atoms with Gasteiger partial charge in [0.05, 0.1) is 7.11 Å². The van der Waals surface area contributed by atoms with E-state index in [9.17, 15) is 9.59 Å². The number of ether oxygens (including phenoxy) is 1. The van der Waals surface area contributed by atoms with Crippen LogP contribution >= 0.6 is 0 Å². The van der Waals surface area contributed by atoms with Crippen molar-refractivity contribution in [1.29, 1.82) is 0 Å². The van der Waals surface area contributed by atoms with Gasteiger partial charge in [0, 0.05) is 0 Å². The van der Waals surface area contributed by atoms with Crippen molar-refractivity contribution < 1.29 is 19.4 Å². The van der Waals surface area contributed by atoms with Gasteiger partial charge in [0.2, 0.25) is 5.91 Å². The lowest BCUT2D eigenvalue weighted by Crippen LogP contribution is -2.41. The van der Waals surface area contributed by atoms with Crippen molar-refractivity contribution in [3.8, 4) is 5.75 Å². The summed E-state index contributed by atoms with van der Waals surface area (Å²) in [5, 5.41) is 9.04. The van der Waals surface area contributed by atoms with Crippen LogP contribution < -0.4 is 10.5 Å². The third-order valence-electron chi connectivity index (χ3n) is 3.09. The van der Waals surface area contributed by atoms with Crippen LogP contribution in [0.5, 0.6) is 5.75 Å². The fourth-order valence-corrected chi connectivity index (χ4v) is 1.52. The highest BCUT2D eigenvalue weighted by Gasteiger charge is 2.38. The molecule has 0 aliphatic heterocycles. The van der Waals surface area contributed by atoms with Crippen LogP contribution in [-0.4, -0.2) is 24.1 Å². The van der Waals surface area contributed by atoms with Crippen molar-refractivity contribution in [2.75, 3.05) is 7.11 Å². The molecular weight excluding hydrogens is 234 g/mol. The highest BCUT2D eigenvalue weighted by Crippen LogP contribution is 2.24. The Bertz CT molecular complexity index is 425. The number of nitrogens with two attached hydrogens (primary N) is 1. The van der Waals surface area contributed by atoms with Gasteiger partial charge in [-0.25, -0.2) is 0 Å². The molecule has 1 aromatic rings. The van der Waals surface area contributed by atoms with Crippen molar-refractivity contribution in [2.24, 2.45) is 11.1 Å². The Morgan fingerprint density at radius 1 is 1.33 bits per heavy atom. The van der Waals surface area contributed by atoms with Crippen molar-refractivity contribution in [2.45, 2.75) is 19.8 Å². The highest BCUT2D eigenvalue weighted by atomic mass is 16.5. The van der Waals surface area contributed by atoms with E-state index in [1.807, 2.05) is 12.1 Å². The maximum absolute atomic E-state index is 11.2. The lowest BCUT2D eigenvalue weighted by atomic mass is 9.83. The summed E-state index contributed by atoms with van der Waals surface area (Å²) in [6.07, 6.45) is 0.639. The summed E-state index contributed by atoms with van der Waals surface area (Å²) in [5.74, 6) is -1.28. The molecule has 5 nitrogen and oxygen atoms in total. The molecule has 1 aromatic carbocycles. The van der Waals surface area contributed by atoms with E-state index in [2.05, 4.69) is 0 Å². The number of amides is 1. The number of hydrogen-bond acceptors (Lipinski definition) is 3. The zero-order valence-electron chi connectivity index (χ0n) is 10.5. The number of methoxy groups -OCH3 is 1. The number of hydrogen-bond donors (Lipinski definition) is 2. The summed E-state index contributed by atoms with van der Waals surface area (Å²) in [7, 11) is 1.57. The Labute approximate surface area is 106 Å². The second-order valence-corrected chi connectivity index (χ2v) is 4.35. The Balaban J connectivity index is 2.73. The topological polar surface area (TPSA) is 89.6 Å². The van der Waals surface area contributed by atoms with Gasteiger partial charge in [0.15, 0.2) is 0 Å². The first-order valence-electron chi connectivity index (χ1n) is 5.56.